The number of pyridine rings is 1. The highest BCUT2D eigenvalue weighted by atomic mass is 14.7. The first-order valence-corrected chi connectivity index (χ1v) is 14.8. The average molecular weight is 548 g/mol. The average Bonchev–Trinajstić information content (AvgIpc) is 3.07. The predicted octanol–water partition coefficient (Wildman–Crippen LogP) is 11.5. The molecule has 0 amide bonds. The van der Waals surface area contributed by atoms with Crippen molar-refractivity contribution in [2.75, 3.05) is 0 Å². The molecule has 0 unspecified atom stereocenters. The molecular formula is C42H29N. The number of benzene rings is 7. The number of aryl methyl sites for hydroxylation is 1. The highest BCUT2D eigenvalue weighted by molar-refractivity contribution is 6.24. The van der Waals surface area contributed by atoms with Gasteiger partial charge in [-0.15, -0.1) is 0 Å². The van der Waals surface area contributed by atoms with E-state index in [1.165, 1.54) is 76.8 Å². The van der Waals surface area contributed by atoms with Crippen LogP contribution in [-0.4, -0.2) is 4.98 Å². The van der Waals surface area contributed by atoms with E-state index in [1.807, 2.05) is 12.3 Å². The second-order valence-electron chi connectivity index (χ2n) is 11.1. The van der Waals surface area contributed by atoms with Crippen LogP contribution in [0.2, 0.25) is 0 Å². The van der Waals surface area contributed by atoms with E-state index in [-0.39, 0.29) is 0 Å². The van der Waals surface area contributed by atoms with Crippen molar-refractivity contribution in [3.05, 3.63) is 164 Å². The summed E-state index contributed by atoms with van der Waals surface area (Å²) in [7, 11) is 0. The van der Waals surface area contributed by atoms with Crippen molar-refractivity contribution in [1.29, 1.82) is 0 Å². The molecule has 0 atom stereocenters. The van der Waals surface area contributed by atoms with Gasteiger partial charge in [-0.3, -0.25) is 4.98 Å². The molecule has 0 saturated heterocycles. The van der Waals surface area contributed by atoms with Crippen molar-refractivity contribution in [1.82, 2.24) is 4.98 Å². The summed E-state index contributed by atoms with van der Waals surface area (Å²) in [5.41, 5.74) is 10.9. The third-order valence-electron chi connectivity index (χ3n) is 8.68. The highest BCUT2D eigenvalue weighted by Crippen LogP contribution is 2.46. The molecule has 0 radical (unpaired) electrons. The number of hydrogen-bond donors (Lipinski definition) is 0. The van der Waals surface area contributed by atoms with E-state index in [4.69, 9.17) is 0 Å². The SMILES string of the molecule is Cc1ncccc1-c1cccc(-c2c3ccccc3c(-c3ccc(-c4ccccc4)c4ccccc34)c3ccccc23)c1. The second-order valence-corrected chi connectivity index (χ2v) is 11.1. The van der Waals surface area contributed by atoms with Gasteiger partial charge < -0.3 is 0 Å². The fraction of sp³-hybridized carbons (Fsp3) is 0.0238. The van der Waals surface area contributed by atoms with E-state index in [9.17, 15) is 0 Å². The quantitative estimate of drug-likeness (QED) is 0.200. The van der Waals surface area contributed by atoms with Crippen LogP contribution in [-0.2, 0) is 0 Å². The lowest BCUT2D eigenvalue weighted by Crippen LogP contribution is -1.93. The zero-order valence-electron chi connectivity index (χ0n) is 24.0. The molecule has 0 aliphatic heterocycles. The maximum atomic E-state index is 4.55. The van der Waals surface area contributed by atoms with Crippen LogP contribution in [0.3, 0.4) is 0 Å². The monoisotopic (exact) mass is 547 g/mol. The lowest BCUT2D eigenvalue weighted by atomic mass is 9.83. The molecular weight excluding hydrogens is 518 g/mol. The Balaban J connectivity index is 1.44. The lowest BCUT2D eigenvalue weighted by Gasteiger charge is -2.20. The molecule has 8 rings (SSSR count). The lowest BCUT2D eigenvalue weighted by molar-refractivity contribution is 1.20. The molecule has 1 heteroatoms. The van der Waals surface area contributed by atoms with Crippen molar-refractivity contribution < 1.29 is 0 Å². The zero-order valence-corrected chi connectivity index (χ0v) is 24.0. The maximum Gasteiger partial charge on any atom is 0.0450 e. The number of rotatable bonds is 4. The van der Waals surface area contributed by atoms with Gasteiger partial charge in [0.2, 0.25) is 0 Å². The second kappa shape index (κ2) is 10.4. The Kier molecular flexibility index (Phi) is 6.09. The number of aromatic nitrogens is 1. The normalized spacial score (nSPS) is 11.4. The molecule has 43 heavy (non-hydrogen) atoms. The number of fused-ring (bicyclic) bond motifs is 3. The van der Waals surface area contributed by atoms with Gasteiger partial charge in [-0.2, -0.15) is 0 Å². The van der Waals surface area contributed by atoms with Gasteiger partial charge in [0.15, 0.2) is 0 Å². The summed E-state index contributed by atoms with van der Waals surface area (Å²) in [4.78, 5) is 4.55. The molecule has 0 aliphatic carbocycles. The minimum Gasteiger partial charge on any atom is -0.261 e. The molecule has 0 aliphatic rings. The molecule has 1 aromatic heterocycles. The van der Waals surface area contributed by atoms with Crippen LogP contribution in [0.25, 0.3) is 76.8 Å². The fourth-order valence-electron chi connectivity index (χ4n) is 6.75. The Labute approximate surface area is 251 Å². The van der Waals surface area contributed by atoms with Gasteiger partial charge in [-0.05, 0) is 90.3 Å². The fourth-order valence-corrected chi connectivity index (χ4v) is 6.75. The van der Waals surface area contributed by atoms with Gasteiger partial charge >= 0.3 is 0 Å². The Morgan fingerprint density at radius 2 is 0.860 bits per heavy atom. The molecule has 0 N–H and O–H groups in total. The summed E-state index contributed by atoms with van der Waals surface area (Å²) in [5, 5.41) is 7.57. The van der Waals surface area contributed by atoms with E-state index in [1.54, 1.807) is 0 Å². The van der Waals surface area contributed by atoms with Gasteiger partial charge in [0.1, 0.15) is 0 Å². The van der Waals surface area contributed by atoms with Gasteiger partial charge in [-0.1, -0.05) is 140 Å². The van der Waals surface area contributed by atoms with Crippen LogP contribution < -0.4 is 0 Å². The van der Waals surface area contributed by atoms with Crippen LogP contribution >= 0.6 is 0 Å². The third-order valence-corrected chi connectivity index (χ3v) is 8.68. The van der Waals surface area contributed by atoms with Gasteiger partial charge in [0.25, 0.3) is 0 Å². The summed E-state index contributed by atoms with van der Waals surface area (Å²) >= 11 is 0. The van der Waals surface area contributed by atoms with Gasteiger partial charge in [0, 0.05) is 17.5 Å². The zero-order chi connectivity index (χ0) is 28.8. The Morgan fingerprint density at radius 3 is 1.51 bits per heavy atom. The Morgan fingerprint density at radius 1 is 0.349 bits per heavy atom. The molecule has 1 nitrogen and oxygen atoms in total. The first-order valence-electron chi connectivity index (χ1n) is 14.8. The summed E-state index contributed by atoms with van der Waals surface area (Å²) in [6.07, 6.45) is 1.86. The van der Waals surface area contributed by atoms with E-state index in [0.29, 0.717) is 0 Å². The van der Waals surface area contributed by atoms with Crippen molar-refractivity contribution in [3.63, 3.8) is 0 Å². The van der Waals surface area contributed by atoms with E-state index in [2.05, 4.69) is 158 Å². The van der Waals surface area contributed by atoms with Crippen LogP contribution in [0, 0.1) is 6.92 Å². The molecule has 0 spiro atoms. The van der Waals surface area contributed by atoms with E-state index < -0.39 is 0 Å². The van der Waals surface area contributed by atoms with Crippen molar-refractivity contribution in [2.24, 2.45) is 0 Å². The molecule has 8 aromatic rings. The van der Waals surface area contributed by atoms with Crippen LogP contribution in [0.1, 0.15) is 5.69 Å². The first kappa shape index (κ1) is 25.2. The molecule has 0 fully saturated rings. The molecule has 1 heterocycles. The van der Waals surface area contributed by atoms with E-state index in [0.717, 1.165) is 5.69 Å². The van der Waals surface area contributed by atoms with Crippen molar-refractivity contribution in [2.45, 2.75) is 6.92 Å². The topological polar surface area (TPSA) is 12.9 Å². The van der Waals surface area contributed by atoms with Gasteiger partial charge in [-0.25, -0.2) is 0 Å². The minimum absolute atomic E-state index is 1.04. The van der Waals surface area contributed by atoms with Gasteiger partial charge in [0.05, 0.1) is 0 Å². The van der Waals surface area contributed by atoms with Crippen LogP contribution in [0.15, 0.2) is 158 Å². The smallest absolute Gasteiger partial charge is 0.0450 e. The first-order chi connectivity index (χ1) is 21.3. The molecule has 7 aromatic carbocycles. The predicted molar refractivity (Wildman–Crippen MR) is 183 cm³/mol. The van der Waals surface area contributed by atoms with Crippen molar-refractivity contribution >= 4 is 32.3 Å². The van der Waals surface area contributed by atoms with Crippen LogP contribution in [0.5, 0.6) is 0 Å². The largest absolute Gasteiger partial charge is 0.261 e. The molecule has 202 valence electrons. The summed E-state index contributed by atoms with van der Waals surface area (Å²) in [6, 6.07) is 55.0. The standard InChI is InChI=1S/C42H29N/c1-28-32(23-12-26-43-28)30-15-11-16-31(27-30)41-36-19-7-9-21-38(36)42(39-22-10-8-20-37(39)41)40-25-24-33(29-13-3-2-4-14-29)34-17-5-6-18-35(34)40/h2-27H,1H3. The highest BCUT2D eigenvalue weighted by Gasteiger charge is 2.19. The Bertz CT molecular complexity index is 2240. The maximum absolute atomic E-state index is 4.55. The minimum atomic E-state index is 1.04. The molecule has 0 bridgehead atoms. The van der Waals surface area contributed by atoms with Crippen LogP contribution in [0.4, 0.5) is 0 Å². The summed E-state index contributed by atoms with van der Waals surface area (Å²) < 4.78 is 0. The van der Waals surface area contributed by atoms with Crippen molar-refractivity contribution in [3.8, 4) is 44.5 Å². The van der Waals surface area contributed by atoms with E-state index >= 15 is 0 Å². The Hall–Kier alpha value is -5.53. The molecule has 0 saturated carbocycles. The number of hydrogen-bond acceptors (Lipinski definition) is 1. The summed E-state index contributed by atoms with van der Waals surface area (Å²) in [6.45, 7) is 2.08. The number of nitrogens with zero attached hydrogens (tertiary/aromatic N) is 1. The third kappa shape index (κ3) is 4.21. The summed E-state index contributed by atoms with van der Waals surface area (Å²) in [5.74, 6) is 0.